The first-order valence-electron chi connectivity index (χ1n) is 3.35. The number of rotatable bonds is 4. The number of hydrazine groups is 1. The lowest BCUT2D eigenvalue weighted by molar-refractivity contribution is 0.170. The Labute approximate surface area is 61.4 Å². The third-order valence-corrected chi connectivity index (χ3v) is 1.02. The summed E-state index contributed by atoms with van der Waals surface area (Å²) in [6.45, 7) is 3.28. The van der Waals surface area contributed by atoms with Gasteiger partial charge >= 0.3 is 0 Å². The third-order valence-electron chi connectivity index (χ3n) is 1.02. The monoisotopic (exact) mass is 145 g/mol. The highest BCUT2D eigenvalue weighted by molar-refractivity contribution is 5.82. The maximum atomic E-state index is 5.15. The van der Waals surface area contributed by atoms with Gasteiger partial charge in [-0.2, -0.15) is 0 Å². The highest BCUT2D eigenvalue weighted by atomic mass is 16.5. The predicted octanol–water partition coefficient (Wildman–Crippen LogP) is -0.0954. The van der Waals surface area contributed by atoms with Gasteiger partial charge in [-0.25, -0.2) is 5.84 Å². The van der Waals surface area contributed by atoms with E-state index in [1.807, 2.05) is 0 Å². The summed E-state index contributed by atoms with van der Waals surface area (Å²) in [5.74, 6) is 5.78. The van der Waals surface area contributed by atoms with Gasteiger partial charge in [0, 0.05) is 13.7 Å². The van der Waals surface area contributed by atoms with E-state index in [1.54, 1.807) is 7.05 Å². The van der Waals surface area contributed by atoms with Crippen molar-refractivity contribution in [1.29, 1.82) is 0 Å². The molecule has 0 heterocycles. The summed E-state index contributed by atoms with van der Waals surface area (Å²) in [4.78, 5) is 3.83. The smallest absolute Gasteiger partial charge is 0.136 e. The number of hydrogen-bond donors (Lipinski definition) is 2. The molecule has 0 aromatic carbocycles. The molecule has 0 aromatic rings. The number of hydrogen-bond acceptors (Lipinski definition) is 3. The van der Waals surface area contributed by atoms with E-state index in [0.29, 0.717) is 12.4 Å². The molecule has 0 aromatic heterocycles. The maximum absolute atomic E-state index is 5.15. The van der Waals surface area contributed by atoms with Gasteiger partial charge in [-0.05, 0) is 6.42 Å². The van der Waals surface area contributed by atoms with Crippen molar-refractivity contribution in [2.45, 2.75) is 13.3 Å². The average Bonchev–Trinajstić information content (AvgIpc) is 1.99. The molecule has 0 fully saturated rings. The Balaban J connectivity index is 3.27. The molecule has 0 aliphatic rings. The average molecular weight is 145 g/mol. The number of nitrogens with one attached hydrogen (secondary N) is 1. The second-order valence-electron chi connectivity index (χ2n) is 1.87. The number of aliphatic imine (C=N–C) groups is 1. The van der Waals surface area contributed by atoms with Crippen LogP contribution < -0.4 is 11.3 Å². The Bertz CT molecular complexity index is 103. The standard InChI is InChI=1S/C6H15N3O/c1-3-4-10-5-6(8-2)9-7/h3-5,7H2,1-2H3,(H,8,9). The lowest BCUT2D eigenvalue weighted by atomic mass is 10.5. The van der Waals surface area contributed by atoms with Gasteiger partial charge in [0.05, 0.1) is 0 Å². The Morgan fingerprint density at radius 2 is 2.40 bits per heavy atom. The van der Waals surface area contributed by atoms with Gasteiger partial charge < -0.3 is 10.2 Å². The van der Waals surface area contributed by atoms with Crippen molar-refractivity contribution in [3.8, 4) is 0 Å². The van der Waals surface area contributed by atoms with Crippen LogP contribution in [0.15, 0.2) is 4.99 Å². The van der Waals surface area contributed by atoms with Crippen LogP contribution in [0.5, 0.6) is 0 Å². The zero-order valence-corrected chi connectivity index (χ0v) is 6.55. The van der Waals surface area contributed by atoms with E-state index in [9.17, 15) is 0 Å². The second-order valence-corrected chi connectivity index (χ2v) is 1.87. The molecule has 10 heavy (non-hydrogen) atoms. The summed E-state index contributed by atoms with van der Waals surface area (Å²) < 4.78 is 5.15. The van der Waals surface area contributed by atoms with Crippen molar-refractivity contribution in [3.63, 3.8) is 0 Å². The summed E-state index contributed by atoms with van der Waals surface area (Å²) in [6.07, 6.45) is 1.02. The van der Waals surface area contributed by atoms with E-state index < -0.39 is 0 Å². The largest absolute Gasteiger partial charge is 0.374 e. The third kappa shape index (κ3) is 4.29. The molecule has 4 nitrogen and oxygen atoms in total. The van der Waals surface area contributed by atoms with Gasteiger partial charge in [0.2, 0.25) is 0 Å². The normalized spacial score (nSPS) is 11.7. The van der Waals surface area contributed by atoms with Crippen LogP contribution >= 0.6 is 0 Å². The van der Waals surface area contributed by atoms with E-state index in [0.717, 1.165) is 13.0 Å². The fraction of sp³-hybridized carbons (Fsp3) is 0.833. The molecule has 0 bridgehead atoms. The predicted molar refractivity (Wildman–Crippen MR) is 41.8 cm³/mol. The number of nitrogens with two attached hydrogens (primary N) is 1. The zero-order valence-electron chi connectivity index (χ0n) is 6.55. The van der Waals surface area contributed by atoms with Crippen LogP contribution in [0.4, 0.5) is 0 Å². The molecule has 0 spiro atoms. The zero-order chi connectivity index (χ0) is 7.82. The summed E-state index contributed by atoms with van der Waals surface area (Å²) >= 11 is 0. The summed E-state index contributed by atoms with van der Waals surface area (Å²) in [6, 6.07) is 0. The highest BCUT2D eigenvalue weighted by Crippen LogP contribution is 1.80. The Kier molecular flexibility index (Phi) is 6.11. The van der Waals surface area contributed by atoms with Crippen LogP contribution in [0.3, 0.4) is 0 Å². The lowest BCUT2D eigenvalue weighted by Gasteiger charge is -2.03. The molecule has 0 aliphatic heterocycles. The van der Waals surface area contributed by atoms with Crippen LogP contribution in [-0.4, -0.2) is 26.1 Å². The van der Waals surface area contributed by atoms with Gasteiger partial charge in [0.15, 0.2) is 0 Å². The molecule has 0 amide bonds. The first kappa shape index (κ1) is 9.39. The van der Waals surface area contributed by atoms with Crippen LogP contribution in [-0.2, 0) is 4.74 Å². The number of amidine groups is 1. The molecule has 60 valence electrons. The molecule has 0 saturated carbocycles. The summed E-state index contributed by atoms with van der Waals surface area (Å²) in [5.41, 5.74) is 2.44. The molecule has 0 atom stereocenters. The fourth-order valence-corrected chi connectivity index (χ4v) is 0.484. The highest BCUT2D eigenvalue weighted by Gasteiger charge is 1.92. The molecular formula is C6H15N3O. The summed E-state index contributed by atoms with van der Waals surface area (Å²) in [5, 5.41) is 0. The van der Waals surface area contributed by atoms with Crippen LogP contribution in [0, 0.1) is 0 Å². The van der Waals surface area contributed by atoms with Crippen molar-refractivity contribution in [2.75, 3.05) is 20.3 Å². The fourth-order valence-electron chi connectivity index (χ4n) is 0.484. The molecule has 3 N–H and O–H groups in total. The van der Waals surface area contributed by atoms with E-state index in [1.165, 1.54) is 0 Å². The Morgan fingerprint density at radius 1 is 1.70 bits per heavy atom. The molecule has 4 heteroatoms. The molecular weight excluding hydrogens is 130 g/mol. The minimum atomic E-state index is 0.473. The van der Waals surface area contributed by atoms with E-state index in [-0.39, 0.29) is 0 Å². The minimum absolute atomic E-state index is 0.473. The van der Waals surface area contributed by atoms with Crippen molar-refractivity contribution in [3.05, 3.63) is 0 Å². The molecule has 0 radical (unpaired) electrons. The van der Waals surface area contributed by atoms with Crippen molar-refractivity contribution in [1.82, 2.24) is 5.43 Å². The van der Waals surface area contributed by atoms with Crippen molar-refractivity contribution < 1.29 is 4.74 Å². The van der Waals surface area contributed by atoms with Gasteiger partial charge in [0.1, 0.15) is 12.4 Å². The number of ether oxygens (including phenoxy) is 1. The van der Waals surface area contributed by atoms with Crippen LogP contribution in [0.1, 0.15) is 13.3 Å². The van der Waals surface area contributed by atoms with E-state index in [4.69, 9.17) is 10.6 Å². The van der Waals surface area contributed by atoms with Crippen LogP contribution in [0.2, 0.25) is 0 Å². The second kappa shape index (κ2) is 6.51. The Hall–Kier alpha value is -0.610. The maximum Gasteiger partial charge on any atom is 0.136 e. The van der Waals surface area contributed by atoms with E-state index in [2.05, 4.69) is 17.3 Å². The SMILES string of the molecule is CCCOCC(=NC)NN. The quantitative estimate of drug-likeness (QED) is 0.191. The van der Waals surface area contributed by atoms with Gasteiger partial charge in [-0.3, -0.25) is 4.99 Å². The van der Waals surface area contributed by atoms with Crippen LogP contribution in [0.25, 0.3) is 0 Å². The minimum Gasteiger partial charge on any atom is -0.374 e. The van der Waals surface area contributed by atoms with Crippen molar-refractivity contribution >= 4 is 5.84 Å². The molecule has 0 unspecified atom stereocenters. The lowest BCUT2D eigenvalue weighted by Crippen LogP contribution is -2.33. The van der Waals surface area contributed by atoms with Gasteiger partial charge in [-0.15, -0.1) is 0 Å². The molecule has 0 rings (SSSR count). The molecule has 0 saturated heterocycles. The summed E-state index contributed by atoms with van der Waals surface area (Å²) in [7, 11) is 1.67. The first-order chi connectivity index (χ1) is 4.85. The van der Waals surface area contributed by atoms with E-state index >= 15 is 0 Å². The number of nitrogens with zero attached hydrogens (tertiary/aromatic N) is 1. The first-order valence-corrected chi connectivity index (χ1v) is 3.35. The Morgan fingerprint density at radius 3 is 2.80 bits per heavy atom. The van der Waals surface area contributed by atoms with Crippen molar-refractivity contribution in [2.24, 2.45) is 10.8 Å². The molecule has 0 aliphatic carbocycles. The topological polar surface area (TPSA) is 59.6 Å². The van der Waals surface area contributed by atoms with Gasteiger partial charge in [-0.1, -0.05) is 6.92 Å². The van der Waals surface area contributed by atoms with Gasteiger partial charge in [0.25, 0.3) is 0 Å².